The summed E-state index contributed by atoms with van der Waals surface area (Å²) >= 11 is 1.51. The van der Waals surface area contributed by atoms with Gasteiger partial charge in [-0.05, 0) is 80.1 Å². The lowest BCUT2D eigenvalue weighted by Crippen LogP contribution is -2.39. The fourth-order valence-corrected chi connectivity index (χ4v) is 5.08. The van der Waals surface area contributed by atoms with E-state index in [1.165, 1.54) is 11.3 Å². The summed E-state index contributed by atoms with van der Waals surface area (Å²) in [6.07, 6.45) is 1.56. The van der Waals surface area contributed by atoms with Crippen molar-refractivity contribution in [1.29, 1.82) is 0 Å². The van der Waals surface area contributed by atoms with E-state index in [0.717, 1.165) is 31.4 Å². The molecule has 1 heterocycles. The topological polar surface area (TPSA) is 78.8 Å². The maximum absolute atomic E-state index is 13.4. The molecule has 0 saturated heterocycles. The normalized spacial score (nSPS) is 11.6. The number of benzene rings is 2. The van der Waals surface area contributed by atoms with E-state index in [9.17, 15) is 13.2 Å². The van der Waals surface area contributed by atoms with Crippen LogP contribution < -0.4 is 9.73 Å². The first-order valence-corrected chi connectivity index (χ1v) is 12.0. The van der Waals surface area contributed by atoms with E-state index >= 15 is 0 Å². The molecule has 0 spiro atoms. The van der Waals surface area contributed by atoms with Gasteiger partial charge in [0.15, 0.2) is 0 Å². The summed E-state index contributed by atoms with van der Waals surface area (Å²) in [7, 11) is -3.95. The third-order valence-corrected chi connectivity index (χ3v) is 7.69. The minimum Gasteiger partial charge on any atom is -0.271 e. The van der Waals surface area contributed by atoms with Gasteiger partial charge in [-0.1, -0.05) is 23.8 Å². The van der Waals surface area contributed by atoms with E-state index in [2.05, 4.69) is 10.5 Å². The summed E-state index contributed by atoms with van der Waals surface area (Å²) in [4.78, 5) is 13.7. The fraction of sp³-hybridized carbons (Fsp3) is 0.217. The van der Waals surface area contributed by atoms with Crippen molar-refractivity contribution in [1.82, 2.24) is 5.43 Å². The molecular formula is C23H25N3O3S2. The molecule has 0 saturated carbocycles. The monoisotopic (exact) mass is 455 g/mol. The van der Waals surface area contributed by atoms with Gasteiger partial charge in [-0.2, -0.15) is 5.10 Å². The molecule has 2 aromatic carbocycles. The number of hydrogen-bond donors (Lipinski definition) is 1. The Balaban J connectivity index is 1.89. The number of nitrogens with zero attached hydrogens (tertiary/aromatic N) is 2. The zero-order chi connectivity index (χ0) is 22.6. The average Bonchev–Trinajstić information content (AvgIpc) is 3.13. The third kappa shape index (κ3) is 5.39. The highest BCUT2D eigenvalue weighted by molar-refractivity contribution is 7.92. The Kier molecular flexibility index (Phi) is 6.92. The van der Waals surface area contributed by atoms with Gasteiger partial charge in [-0.25, -0.2) is 13.8 Å². The second-order valence-electron chi connectivity index (χ2n) is 7.35. The lowest BCUT2D eigenvalue weighted by atomic mass is 10.1. The Morgan fingerprint density at radius 3 is 2.32 bits per heavy atom. The molecule has 0 aliphatic heterocycles. The molecule has 8 heteroatoms. The predicted molar refractivity (Wildman–Crippen MR) is 126 cm³/mol. The van der Waals surface area contributed by atoms with Crippen molar-refractivity contribution in [3.8, 4) is 0 Å². The Morgan fingerprint density at radius 2 is 1.71 bits per heavy atom. The number of thiophene rings is 1. The maximum Gasteiger partial charge on any atom is 0.264 e. The van der Waals surface area contributed by atoms with Crippen LogP contribution in [-0.2, 0) is 14.8 Å². The molecule has 6 nitrogen and oxygen atoms in total. The number of carbonyl (C=O) groups excluding carboxylic acids is 1. The highest BCUT2D eigenvalue weighted by Gasteiger charge is 2.27. The van der Waals surface area contributed by atoms with E-state index in [1.807, 2.05) is 45.2 Å². The maximum atomic E-state index is 13.4. The van der Waals surface area contributed by atoms with Crippen LogP contribution in [0, 0.1) is 27.7 Å². The van der Waals surface area contributed by atoms with Crippen LogP contribution in [0.1, 0.15) is 27.1 Å². The van der Waals surface area contributed by atoms with Gasteiger partial charge >= 0.3 is 0 Å². The second kappa shape index (κ2) is 9.45. The van der Waals surface area contributed by atoms with E-state index in [4.69, 9.17) is 0 Å². The molecule has 0 unspecified atom stereocenters. The van der Waals surface area contributed by atoms with Gasteiger partial charge in [0.1, 0.15) is 6.54 Å². The van der Waals surface area contributed by atoms with E-state index in [-0.39, 0.29) is 11.4 Å². The summed E-state index contributed by atoms with van der Waals surface area (Å²) < 4.78 is 27.9. The highest BCUT2D eigenvalue weighted by Crippen LogP contribution is 2.26. The number of sulfonamides is 1. The average molecular weight is 456 g/mol. The SMILES string of the molecule is Cc1ccc(S(=O)(=O)N(CC(=O)N/N=C\c2sccc2C)c2ccc(C)c(C)c2)cc1. The van der Waals surface area contributed by atoms with Crippen molar-refractivity contribution in [2.24, 2.45) is 5.10 Å². The van der Waals surface area contributed by atoms with Crippen molar-refractivity contribution in [2.75, 3.05) is 10.8 Å². The van der Waals surface area contributed by atoms with Crippen molar-refractivity contribution in [3.05, 3.63) is 81.0 Å². The quantitative estimate of drug-likeness (QED) is 0.425. The van der Waals surface area contributed by atoms with Crippen molar-refractivity contribution in [3.63, 3.8) is 0 Å². The first-order valence-electron chi connectivity index (χ1n) is 9.71. The Bertz CT molecular complexity index is 1210. The molecule has 3 aromatic rings. The number of anilines is 1. The largest absolute Gasteiger partial charge is 0.271 e. The molecule has 162 valence electrons. The zero-order valence-corrected chi connectivity index (χ0v) is 19.5. The van der Waals surface area contributed by atoms with Crippen LogP contribution >= 0.6 is 11.3 Å². The number of amides is 1. The van der Waals surface area contributed by atoms with Crippen LogP contribution in [0.25, 0.3) is 0 Å². The van der Waals surface area contributed by atoms with E-state index in [0.29, 0.717) is 5.69 Å². The lowest BCUT2D eigenvalue weighted by Gasteiger charge is -2.24. The molecule has 0 atom stereocenters. The molecule has 31 heavy (non-hydrogen) atoms. The Hall–Kier alpha value is -2.97. The molecule has 1 aromatic heterocycles. The smallest absolute Gasteiger partial charge is 0.264 e. The summed E-state index contributed by atoms with van der Waals surface area (Å²) in [6.45, 7) is 7.31. The Labute approximate surface area is 187 Å². The number of rotatable bonds is 7. The minimum absolute atomic E-state index is 0.127. The van der Waals surface area contributed by atoms with E-state index < -0.39 is 15.9 Å². The zero-order valence-electron chi connectivity index (χ0n) is 17.9. The van der Waals surface area contributed by atoms with Crippen LogP contribution in [-0.4, -0.2) is 27.1 Å². The third-order valence-electron chi connectivity index (χ3n) is 4.95. The number of hydrogen-bond acceptors (Lipinski definition) is 5. The summed E-state index contributed by atoms with van der Waals surface area (Å²) in [6, 6.07) is 13.9. The van der Waals surface area contributed by atoms with Crippen LogP contribution in [0.2, 0.25) is 0 Å². The van der Waals surface area contributed by atoms with Crippen molar-refractivity contribution in [2.45, 2.75) is 32.6 Å². The van der Waals surface area contributed by atoms with Gasteiger partial charge in [-0.15, -0.1) is 11.3 Å². The minimum atomic E-state index is -3.95. The van der Waals surface area contributed by atoms with Gasteiger partial charge in [0.05, 0.1) is 16.8 Å². The summed E-state index contributed by atoms with van der Waals surface area (Å²) in [5.41, 5.74) is 6.85. The lowest BCUT2D eigenvalue weighted by molar-refractivity contribution is -0.119. The number of carbonyl (C=O) groups is 1. The summed E-state index contributed by atoms with van der Waals surface area (Å²) in [5, 5.41) is 5.92. The predicted octanol–water partition coefficient (Wildman–Crippen LogP) is 4.33. The molecule has 3 rings (SSSR count). The molecule has 1 amide bonds. The molecule has 0 fully saturated rings. The van der Waals surface area contributed by atoms with Crippen LogP contribution in [0.4, 0.5) is 5.69 Å². The Morgan fingerprint density at radius 1 is 1.00 bits per heavy atom. The highest BCUT2D eigenvalue weighted by atomic mass is 32.2. The molecule has 0 bridgehead atoms. The van der Waals surface area contributed by atoms with Gasteiger partial charge in [0.25, 0.3) is 15.9 Å². The second-order valence-corrected chi connectivity index (χ2v) is 10.2. The molecular weight excluding hydrogens is 430 g/mol. The van der Waals surface area contributed by atoms with Crippen LogP contribution in [0.15, 0.2) is 63.9 Å². The molecule has 0 aliphatic carbocycles. The van der Waals surface area contributed by atoms with Crippen LogP contribution in [0.5, 0.6) is 0 Å². The number of nitrogens with one attached hydrogen (secondary N) is 1. The summed E-state index contributed by atoms with van der Waals surface area (Å²) in [5.74, 6) is -0.528. The van der Waals surface area contributed by atoms with Gasteiger partial charge in [0.2, 0.25) is 0 Å². The first-order chi connectivity index (χ1) is 14.7. The van der Waals surface area contributed by atoms with Gasteiger partial charge in [0, 0.05) is 4.88 Å². The van der Waals surface area contributed by atoms with Gasteiger partial charge < -0.3 is 0 Å². The van der Waals surface area contributed by atoms with Crippen molar-refractivity contribution < 1.29 is 13.2 Å². The molecule has 0 aliphatic rings. The first kappa shape index (κ1) is 22.7. The van der Waals surface area contributed by atoms with Gasteiger partial charge in [-0.3, -0.25) is 9.10 Å². The fourth-order valence-electron chi connectivity index (χ4n) is 2.88. The van der Waals surface area contributed by atoms with Crippen molar-refractivity contribution >= 4 is 39.2 Å². The van der Waals surface area contributed by atoms with E-state index in [1.54, 1.807) is 42.6 Å². The van der Waals surface area contributed by atoms with Crippen LogP contribution in [0.3, 0.4) is 0 Å². The standard InChI is InChI=1S/C23H25N3O3S2/c1-16-5-9-21(10-6-16)31(28,29)26(20-8-7-17(2)19(4)13-20)15-23(27)25-24-14-22-18(3)11-12-30-22/h5-14H,15H2,1-4H3,(H,25,27)/b24-14-. The number of aryl methyl sites for hydroxylation is 4. The molecule has 1 N–H and O–H groups in total. The molecule has 0 radical (unpaired) electrons. The number of hydrazone groups is 1.